The topological polar surface area (TPSA) is 84.9 Å². The Kier molecular flexibility index (Phi) is 5.49. The molecular weight excluding hydrogens is 310 g/mol. The van der Waals surface area contributed by atoms with Crippen LogP contribution < -0.4 is 14.8 Å². The highest BCUT2D eigenvalue weighted by Gasteiger charge is 2.37. The molecule has 0 saturated heterocycles. The van der Waals surface area contributed by atoms with E-state index >= 15 is 0 Å². The van der Waals surface area contributed by atoms with Gasteiger partial charge >= 0.3 is 5.97 Å². The average Bonchev–Trinajstić information content (AvgIpc) is 2.56. The third-order valence-electron chi connectivity index (χ3n) is 4.54. The van der Waals surface area contributed by atoms with Gasteiger partial charge in [0.05, 0.1) is 26.1 Å². The van der Waals surface area contributed by atoms with Crippen molar-refractivity contribution in [1.29, 1.82) is 0 Å². The highest BCUT2D eigenvalue weighted by atomic mass is 16.5. The summed E-state index contributed by atoms with van der Waals surface area (Å²) in [6.07, 6.45) is 0.858. The number of benzene rings is 1. The van der Waals surface area contributed by atoms with Crippen LogP contribution in [0.3, 0.4) is 0 Å². The van der Waals surface area contributed by atoms with Crippen LogP contribution in [0.1, 0.15) is 26.7 Å². The number of amides is 1. The van der Waals surface area contributed by atoms with Crippen molar-refractivity contribution >= 4 is 17.6 Å². The van der Waals surface area contributed by atoms with Gasteiger partial charge in [-0.25, -0.2) is 0 Å². The third-order valence-corrected chi connectivity index (χ3v) is 4.54. The summed E-state index contributed by atoms with van der Waals surface area (Å²) < 4.78 is 10.4. The summed E-state index contributed by atoms with van der Waals surface area (Å²) >= 11 is 0. The van der Waals surface area contributed by atoms with Crippen molar-refractivity contribution in [2.75, 3.05) is 19.5 Å². The standard InChI is InChI=1S/C18H23NO5/c1-10-5-15(16(18(21)22)6-11(10)2)17(20)19-12-7-13(23-3)9-14(8-12)24-4/h7-9,15-16H,5-6H2,1-4H3,(H,19,20)(H,21,22)/t15-,16+/m1/s1. The monoisotopic (exact) mass is 333 g/mol. The Labute approximate surface area is 141 Å². The molecule has 6 heteroatoms. The number of carbonyl (C=O) groups excluding carboxylic acids is 1. The van der Waals surface area contributed by atoms with E-state index in [2.05, 4.69) is 5.32 Å². The van der Waals surface area contributed by atoms with Crippen LogP contribution in [0.4, 0.5) is 5.69 Å². The summed E-state index contributed by atoms with van der Waals surface area (Å²) in [5, 5.41) is 12.2. The molecule has 24 heavy (non-hydrogen) atoms. The molecule has 130 valence electrons. The van der Waals surface area contributed by atoms with Crippen LogP contribution in [0.2, 0.25) is 0 Å². The molecule has 0 unspecified atom stereocenters. The first kappa shape index (κ1) is 17.8. The molecule has 1 aromatic rings. The zero-order chi connectivity index (χ0) is 17.9. The molecule has 0 aromatic heterocycles. The van der Waals surface area contributed by atoms with E-state index in [1.807, 2.05) is 13.8 Å². The van der Waals surface area contributed by atoms with Gasteiger partial charge in [0, 0.05) is 23.9 Å². The van der Waals surface area contributed by atoms with Crippen molar-refractivity contribution < 1.29 is 24.2 Å². The van der Waals surface area contributed by atoms with E-state index in [1.54, 1.807) is 18.2 Å². The number of anilines is 1. The van der Waals surface area contributed by atoms with Gasteiger partial charge in [-0.2, -0.15) is 0 Å². The number of nitrogens with one attached hydrogen (secondary N) is 1. The molecule has 0 radical (unpaired) electrons. The van der Waals surface area contributed by atoms with Crippen molar-refractivity contribution in [1.82, 2.24) is 0 Å². The van der Waals surface area contributed by atoms with E-state index < -0.39 is 17.8 Å². The predicted octanol–water partition coefficient (Wildman–Crippen LogP) is 3.09. The fourth-order valence-corrected chi connectivity index (χ4v) is 2.94. The first-order valence-corrected chi connectivity index (χ1v) is 7.77. The molecule has 0 heterocycles. The van der Waals surface area contributed by atoms with Crippen LogP contribution in [-0.4, -0.2) is 31.2 Å². The molecule has 1 amide bonds. The van der Waals surface area contributed by atoms with Gasteiger partial charge < -0.3 is 19.9 Å². The number of methoxy groups -OCH3 is 2. The highest BCUT2D eigenvalue weighted by molar-refractivity contribution is 5.96. The SMILES string of the molecule is COc1cc(NC(=O)[C@@H]2CC(C)=C(C)C[C@@H]2C(=O)O)cc(OC)c1. The van der Waals surface area contributed by atoms with Gasteiger partial charge in [-0.15, -0.1) is 0 Å². The first-order chi connectivity index (χ1) is 11.3. The average molecular weight is 333 g/mol. The maximum atomic E-state index is 12.7. The quantitative estimate of drug-likeness (QED) is 0.809. The highest BCUT2D eigenvalue weighted by Crippen LogP contribution is 2.35. The van der Waals surface area contributed by atoms with E-state index in [4.69, 9.17) is 9.47 Å². The molecule has 2 rings (SSSR count). The van der Waals surface area contributed by atoms with Crippen LogP contribution >= 0.6 is 0 Å². The van der Waals surface area contributed by atoms with Gasteiger partial charge in [0.2, 0.25) is 5.91 Å². The van der Waals surface area contributed by atoms with Gasteiger partial charge in [0.25, 0.3) is 0 Å². The first-order valence-electron chi connectivity index (χ1n) is 7.77. The maximum Gasteiger partial charge on any atom is 0.307 e. The summed E-state index contributed by atoms with van der Waals surface area (Å²) in [4.78, 5) is 24.2. The van der Waals surface area contributed by atoms with Gasteiger partial charge in [-0.3, -0.25) is 9.59 Å². The molecule has 1 aliphatic carbocycles. The predicted molar refractivity (Wildman–Crippen MR) is 90.4 cm³/mol. The molecule has 2 atom stereocenters. The Balaban J connectivity index is 2.23. The molecule has 0 fully saturated rings. The van der Waals surface area contributed by atoms with E-state index in [0.717, 1.165) is 11.1 Å². The second-order valence-corrected chi connectivity index (χ2v) is 6.11. The normalized spacial score (nSPS) is 20.5. The van der Waals surface area contributed by atoms with Crippen molar-refractivity contribution in [3.63, 3.8) is 0 Å². The van der Waals surface area contributed by atoms with E-state index in [0.29, 0.717) is 30.0 Å². The van der Waals surface area contributed by atoms with Crippen LogP contribution in [0.5, 0.6) is 11.5 Å². The molecule has 0 saturated carbocycles. The largest absolute Gasteiger partial charge is 0.497 e. The van der Waals surface area contributed by atoms with Crippen LogP contribution in [0, 0.1) is 11.8 Å². The minimum absolute atomic E-state index is 0.301. The molecule has 0 spiro atoms. The lowest BCUT2D eigenvalue weighted by atomic mass is 9.76. The van der Waals surface area contributed by atoms with E-state index in [1.165, 1.54) is 14.2 Å². The number of carboxylic acids is 1. The van der Waals surface area contributed by atoms with Gasteiger partial charge in [-0.1, -0.05) is 11.1 Å². The van der Waals surface area contributed by atoms with E-state index in [9.17, 15) is 14.7 Å². The molecule has 1 aliphatic rings. The summed E-state index contributed by atoms with van der Waals surface area (Å²) in [6.45, 7) is 3.87. The maximum absolute atomic E-state index is 12.7. The zero-order valence-electron chi connectivity index (χ0n) is 14.4. The third kappa shape index (κ3) is 3.88. The minimum atomic E-state index is -0.940. The van der Waals surface area contributed by atoms with E-state index in [-0.39, 0.29) is 5.91 Å². The van der Waals surface area contributed by atoms with Gasteiger partial charge in [-0.05, 0) is 26.7 Å². The lowest BCUT2D eigenvalue weighted by Gasteiger charge is -2.29. The number of carboxylic acid groups (broad SMARTS) is 1. The van der Waals surface area contributed by atoms with Crippen LogP contribution in [0.25, 0.3) is 0 Å². The molecule has 2 N–H and O–H groups in total. The number of allylic oxidation sites excluding steroid dienone is 2. The molecule has 6 nitrogen and oxygen atoms in total. The van der Waals surface area contributed by atoms with Gasteiger partial charge in [0.1, 0.15) is 11.5 Å². The molecule has 0 aliphatic heterocycles. The summed E-state index contributed by atoms with van der Waals surface area (Å²) in [7, 11) is 3.05. The van der Waals surface area contributed by atoms with Crippen LogP contribution in [0.15, 0.2) is 29.3 Å². The minimum Gasteiger partial charge on any atom is -0.497 e. The van der Waals surface area contributed by atoms with Gasteiger partial charge in [0.15, 0.2) is 0 Å². The smallest absolute Gasteiger partial charge is 0.307 e. The Morgan fingerprint density at radius 2 is 1.50 bits per heavy atom. The lowest BCUT2D eigenvalue weighted by molar-refractivity contribution is -0.146. The Morgan fingerprint density at radius 1 is 1.00 bits per heavy atom. The van der Waals surface area contributed by atoms with Crippen molar-refractivity contribution in [2.45, 2.75) is 26.7 Å². The number of rotatable bonds is 5. The Bertz CT molecular complexity index is 658. The fraction of sp³-hybridized carbons (Fsp3) is 0.444. The van der Waals surface area contributed by atoms with Crippen molar-refractivity contribution in [3.8, 4) is 11.5 Å². The van der Waals surface area contributed by atoms with Crippen molar-refractivity contribution in [2.24, 2.45) is 11.8 Å². The van der Waals surface area contributed by atoms with Crippen molar-refractivity contribution in [3.05, 3.63) is 29.3 Å². The summed E-state index contributed by atoms with van der Waals surface area (Å²) in [5.41, 5.74) is 2.65. The second kappa shape index (κ2) is 7.38. The number of hydrogen-bond acceptors (Lipinski definition) is 4. The second-order valence-electron chi connectivity index (χ2n) is 6.11. The molecular formula is C18H23NO5. The number of aliphatic carboxylic acids is 1. The lowest BCUT2D eigenvalue weighted by Crippen LogP contribution is -2.36. The number of carbonyl (C=O) groups is 2. The molecule has 1 aromatic carbocycles. The molecule has 0 bridgehead atoms. The number of ether oxygens (including phenoxy) is 2. The number of hydrogen-bond donors (Lipinski definition) is 2. The van der Waals surface area contributed by atoms with Crippen LogP contribution in [-0.2, 0) is 9.59 Å². The summed E-state index contributed by atoms with van der Waals surface area (Å²) in [6, 6.07) is 5.05. The fourth-order valence-electron chi connectivity index (χ4n) is 2.94. The Hall–Kier alpha value is -2.50. The summed E-state index contributed by atoms with van der Waals surface area (Å²) in [5.74, 6) is -1.44. The zero-order valence-corrected chi connectivity index (χ0v) is 14.4. The Morgan fingerprint density at radius 3 is 1.96 bits per heavy atom.